The number of aliphatic hydroxyl groups excluding tert-OH is 1. The fourth-order valence-electron chi connectivity index (χ4n) is 3.56. The van der Waals surface area contributed by atoms with Gasteiger partial charge in [-0.25, -0.2) is 17.9 Å². The van der Waals surface area contributed by atoms with Crippen molar-refractivity contribution in [3.8, 4) is 11.5 Å². The van der Waals surface area contributed by atoms with Crippen LogP contribution in [-0.2, 0) is 26.2 Å². The Hall–Kier alpha value is -4.13. The first kappa shape index (κ1) is 31.4. The van der Waals surface area contributed by atoms with Crippen molar-refractivity contribution in [2.24, 2.45) is 5.92 Å². The minimum atomic E-state index is -3.95. The molecule has 2 atom stereocenters. The zero-order chi connectivity index (χ0) is 29.7. The maximum absolute atomic E-state index is 12.7. The first-order chi connectivity index (χ1) is 19.6. The number of ether oxygens (including phenoxy) is 1. The number of rotatable bonds is 15. The molecule has 3 aromatic rings. The van der Waals surface area contributed by atoms with Crippen molar-refractivity contribution in [1.29, 1.82) is 0 Å². The molecule has 3 rings (SSSR count). The molecule has 0 aliphatic rings. The van der Waals surface area contributed by atoms with Gasteiger partial charge in [-0.15, -0.1) is 0 Å². The Kier molecular flexibility index (Phi) is 11.9. The van der Waals surface area contributed by atoms with Crippen LogP contribution in [0.5, 0.6) is 11.5 Å². The second-order valence-electron chi connectivity index (χ2n) is 9.59. The van der Waals surface area contributed by atoms with Gasteiger partial charge in [-0.1, -0.05) is 62.4 Å². The third-order valence-corrected chi connectivity index (χ3v) is 7.10. The Morgan fingerprint density at radius 2 is 1.41 bits per heavy atom. The molecule has 0 aliphatic carbocycles. The number of para-hydroxylation sites is 1. The van der Waals surface area contributed by atoms with Gasteiger partial charge in [-0.3, -0.25) is 14.6 Å². The molecule has 2 amide bonds. The van der Waals surface area contributed by atoms with E-state index in [2.05, 4.69) is 15.4 Å². The lowest BCUT2D eigenvalue weighted by Gasteiger charge is -2.21. The normalized spacial score (nSPS) is 12.7. The number of hydrogen-bond acceptors (Lipinski definition) is 8. The highest BCUT2D eigenvalue weighted by atomic mass is 32.2. The van der Waals surface area contributed by atoms with Crippen molar-refractivity contribution < 1.29 is 37.6 Å². The molecule has 0 radical (unpaired) electrons. The van der Waals surface area contributed by atoms with E-state index >= 15 is 0 Å². The quantitative estimate of drug-likeness (QED) is 0.157. The van der Waals surface area contributed by atoms with E-state index in [9.17, 15) is 23.1 Å². The molecule has 41 heavy (non-hydrogen) atoms. The van der Waals surface area contributed by atoms with Crippen LogP contribution in [-0.4, -0.2) is 50.8 Å². The van der Waals surface area contributed by atoms with Gasteiger partial charge >= 0.3 is 6.09 Å². The Balaban J connectivity index is 1.44. The molecule has 0 heterocycles. The fourth-order valence-corrected chi connectivity index (χ4v) is 4.63. The van der Waals surface area contributed by atoms with Crippen LogP contribution in [0.3, 0.4) is 0 Å². The van der Waals surface area contributed by atoms with Gasteiger partial charge in [0.25, 0.3) is 0 Å². The highest BCUT2D eigenvalue weighted by Crippen LogP contribution is 2.18. The Morgan fingerprint density at radius 1 is 0.829 bits per heavy atom. The Bertz CT molecular complexity index is 1340. The van der Waals surface area contributed by atoms with E-state index in [1.807, 2.05) is 50.2 Å². The van der Waals surface area contributed by atoms with Gasteiger partial charge < -0.3 is 20.5 Å². The van der Waals surface area contributed by atoms with Crippen molar-refractivity contribution in [1.82, 2.24) is 15.4 Å². The van der Waals surface area contributed by atoms with Crippen molar-refractivity contribution in [2.45, 2.75) is 43.9 Å². The lowest BCUT2D eigenvalue weighted by molar-refractivity contribution is -0.123. The maximum Gasteiger partial charge on any atom is 0.408 e. The molecule has 4 N–H and O–H groups in total. The minimum Gasteiger partial charge on any atom is -0.445 e. The first-order valence-corrected chi connectivity index (χ1v) is 14.5. The third kappa shape index (κ3) is 11.1. The molecule has 220 valence electrons. The molecule has 1 unspecified atom stereocenters. The molecule has 0 spiro atoms. The van der Waals surface area contributed by atoms with Crippen LogP contribution in [0, 0.1) is 5.92 Å². The molecule has 0 saturated carbocycles. The van der Waals surface area contributed by atoms with Gasteiger partial charge in [-0.05, 0) is 54.3 Å². The standard InChI is InChI=1S/C29H35N3O8S/c1-21(2)17-27(32-29(35)38-20-22-9-5-3-6-10-22)28(34)30-18-23(33)19-31-41(36,37)26-15-13-25(14-16-26)40-39-24-11-7-4-8-12-24/h3-16,21,23,27,31,33H,17-20H2,1-2H3,(H,30,34)(H,32,35)/t23?,27-/m0/s1. The summed E-state index contributed by atoms with van der Waals surface area (Å²) in [5.41, 5.74) is 0.805. The highest BCUT2D eigenvalue weighted by Gasteiger charge is 2.24. The summed E-state index contributed by atoms with van der Waals surface area (Å²) >= 11 is 0. The molecular weight excluding hydrogens is 550 g/mol. The zero-order valence-corrected chi connectivity index (χ0v) is 23.7. The molecule has 0 aromatic heterocycles. The molecule has 0 bridgehead atoms. The Labute approximate surface area is 239 Å². The van der Waals surface area contributed by atoms with Gasteiger partial charge in [-0.2, -0.15) is 0 Å². The van der Waals surface area contributed by atoms with Gasteiger partial charge in [0.15, 0.2) is 11.5 Å². The summed E-state index contributed by atoms with van der Waals surface area (Å²) in [4.78, 5) is 35.3. The van der Waals surface area contributed by atoms with Crippen molar-refractivity contribution in [2.75, 3.05) is 13.1 Å². The second kappa shape index (κ2) is 15.6. The Morgan fingerprint density at radius 3 is 2.02 bits per heavy atom. The maximum atomic E-state index is 12.7. The molecule has 0 saturated heterocycles. The molecule has 0 fully saturated rings. The van der Waals surface area contributed by atoms with Crippen LogP contribution in [0.1, 0.15) is 25.8 Å². The lowest BCUT2D eigenvalue weighted by Crippen LogP contribution is -2.50. The van der Waals surface area contributed by atoms with Gasteiger partial charge in [0.1, 0.15) is 12.6 Å². The van der Waals surface area contributed by atoms with E-state index in [-0.39, 0.29) is 30.5 Å². The lowest BCUT2D eigenvalue weighted by atomic mass is 10.0. The molecule has 3 aromatic carbocycles. The predicted molar refractivity (Wildman–Crippen MR) is 151 cm³/mol. The van der Waals surface area contributed by atoms with Crippen LogP contribution in [0.2, 0.25) is 0 Å². The van der Waals surface area contributed by atoms with Crippen molar-refractivity contribution in [3.05, 3.63) is 90.5 Å². The third-order valence-electron chi connectivity index (χ3n) is 5.66. The second-order valence-corrected chi connectivity index (χ2v) is 11.4. The van der Waals surface area contributed by atoms with E-state index in [0.717, 1.165) is 5.56 Å². The fraction of sp³-hybridized carbons (Fsp3) is 0.310. The summed E-state index contributed by atoms with van der Waals surface area (Å²) in [5.74, 6) is 0.342. The number of carbonyl (C=O) groups excluding carboxylic acids is 2. The van der Waals surface area contributed by atoms with Crippen LogP contribution >= 0.6 is 0 Å². The van der Waals surface area contributed by atoms with Gasteiger partial charge in [0, 0.05) is 13.1 Å². The summed E-state index contributed by atoms with van der Waals surface area (Å²) in [7, 11) is -3.95. The number of sulfonamides is 1. The number of hydrogen-bond donors (Lipinski definition) is 4. The van der Waals surface area contributed by atoms with E-state index in [1.54, 1.807) is 24.3 Å². The number of amides is 2. The average Bonchev–Trinajstić information content (AvgIpc) is 2.97. The molecule has 11 nitrogen and oxygen atoms in total. The van der Waals surface area contributed by atoms with E-state index in [0.29, 0.717) is 17.9 Å². The summed E-state index contributed by atoms with van der Waals surface area (Å²) in [6.45, 7) is 3.27. The minimum absolute atomic E-state index is 0.0454. The summed E-state index contributed by atoms with van der Waals surface area (Å²) in [5, 5.41) is 15.4. The van der Waals surface area contributed by atoms with Crippen LogP contribution in [0.15, 0.2) is 89.8 Å². The average molecular weight is 586 g/mol. The number of aliphatic hydroxyl groups is 1. The number of nitrogens with one attached hydrogen (secondary N) is 3. The number of benzene rings is 3. The summed E-state index contributed by atoms with van der Waals surface area (Å²) in [6, 6.07) is 22.6. The van der Waals surface area contributed by atoms with E-state index in [1.165, 1.54) is 24.3 Å². The van der Waals surface area contributed by atoms with Gasteiger partial charge in [0.2, 0.25) is 15.9 Å². The monoisotopic (exact) mass is 585 g/mol. The first-order valence-electron chi connectivity index (χ1n) is 13.0. The SMILES string of the molecule is CC(C)C[C@H](NC(=O)OCc1ccccc1)C(=O)NCC(O)CNS(=O)(=O)c1ccc(OOc2ccccc2)cc1. The molecular formula is C29H35N3O8S. The summed E-state index contributed by atoms with van der Waals surface area (Å²) in [6.07, 6.45) is -1.63. The van der Waals surface area contributed by atoms with Crippen molar-refractivity contribution in [3.63, 3.8) is 0 Å². The highest BCUT2D eigenvalue weighted by molar-refractivity contribution is 7.89. The molecule has 12 heteroatoms. The van der Waals surface area contributed by atoms with Crippen molar-refractivity contribution >= 4 is 22.0 Å². The molecule has 0 aliphatic heterocycles. The number of carbonyl (C=O) groups is 2. The summed E-state index contributed by atoms with van der Waals surface area (Å²) < 4.78 is 32.8. The van der Waals surface area contributed by atoms with Crippen LogP contribution < -0.4 is 25.1 Å². The number of alkyl carbamates (subject to hydrolysis) is 1. The zero-order valence-electron chi connectivity index (χ0n) is 22.9. The van der Waals surface area contributed by atoms with E-state index in [4.69, 9.17) is 14.5 Å². The smallest absolute Gasteiger partial charge is 0.408 e. The van der Waals surface area contributed by atoms with Gasteiger partial charge in [0.05, 0.1) is 11.0 Å². The van der Waals surface area contributed by atoms with Crippen LogP contribution in [0.4, 0.5) is 4.79 Å². The largest absolute Gasteiger partial charge is 0.445 e. The van der Waals surface area contributed by atoms with E-state index < -0.39 is 34.2 Å². The predicted octanol–water partition coefficient (Wildman–Crippen LogP) is 3.16. The topological polar surface area (TPSA) is 152 Å². The van der Waals surface area contributed by atoms with Crippen LogP contribution in [0.25, 0.3) is 0 Å².